The van der Waals surface area contributed by atoms with Gasteiger partial charge in [-0.25, -0.2) is 0 Å². The van der Waals surface area contributed by atoms with E-state index in [4.69, 9.17) is 34.4 Å². The fourth-order valence-corrected chi connectivity index (χ4v) is 10.6. The van der Waals surface area contributed by atoms with Crippen LogP contribution in [0.3, 0.4) is 0 Å². The van der Waals surface area contributed by atoms with Crippen LogP contribution in [0.2, 0.25) is 0 Å². The zero-order valence-corrected chi connectivity index (χ0v) is 43.1. The number of carbonyl (C=O) groups excluding carboxylic acids is 9. The molecule has 27 heteroatoms. The van der Waals surface area contributed by atoms with Gasteiger partial charge in [0.1, 0.15) is 42.3 Å². The lowest BCUT2D eigenvalue weighted by Gasteiger charge is -2.33. The average Bonchev–Trinajstić information content (AvgIpc) is 3.74. The van der Waals surface area contributed by atoms with E-state index in [1.165, 1.54) is 6.92 Å². The van der Waals surface area contributed by atoms with E-state index in [1.807, 2.05) is 24.3 Å². The molecule has 25 nitrogen and oxygen atoms in total. The Morgan fingerprint density at radius 2 is 1.28 bits per heavy atom. The van der Waals surface area contributed by atoms with Gasteiger partial charge in [0.15, 0.2) is 11.9 Å². The lowest BCUT2D eigenvalue weighted by atomic mass is 9.99. The highest BCUT2D eigenvalue weighted by Crippen LogP contribution is 2.39. The van der Waals surface area contributed by atoms with Crippen LogP contribution in [-0.4, -0.2) is 136 Å². The van der Waals surface area contributed by atoms with Gasteiger partial charge in [0.05, 0.1) is 6.42 Å². The first-order chi connectivity index (χ1) is 35.0. The molecule has 9 amide bonds. The maximum absolute atomic E-state index is 14.6. The summed E-state index contributed by atoms with van der Waals surface area (Å²) in [7, 11) is 2.29. The summed E-state index contributed by atoms with van der Waals surface area (Å²) >= 11 is 0. The molecule has 1 aliphatic rings. The van der Waals surface area contributed by atoms with E-state index in [9.17, 15) is 43.2 Å². The van der Waals surface area contributed by atoms with Gasteiger partial charge in [0, 0.05) is 60.5 Å². The number of aromatic amines is 1. The SMILES string of the molecule is CC(=O)N[C@H](CCCN=C(N)N)C(=O)N[C@H]1CCSSC(C)(C)[C@@H](C(N)=O)NC(=O)[C@H](Cc2c[nH]c3ccccc23)NC(=O)[C@H](CCCN=C(N)N)NC(=O)[C@@H](Cc2ccccc2)NC(=O)[C@H](CC(N)=O)NC1=O. The van der Waals surface area contributed by atoms with Crippen LogP contribution in [0.1, 0.15) is 70.4 Å². The Morgan fingerprint density at radius 3 is 1.92 bits per heavy atom. The minimum absolute atomic E-state index is 0.0414. The van der Waals surface area contributed by atoms with Crippen LogP contribution in [-0.2, 0) is 56.0 Å². The Labute approximate surface area is 435 Å². The van der Waals surface area contributed by atoms with Crippen LogP contribution in [0, 0.1) is 0 Å². The van der Waals surface area contributed by atoms with Crippen molar-refractivity contribution in [2.45, 2.75) is 119 Å². The number of aliphatic imine (C=N–C) groups is 2. The molecule has 4 rings (SSSR count). The minimum atomic E-state index is -1.70. The number of amides is 9. The monoisotopic (exact) mass is 1060 g/mol. The van der Waals surface area contributed by atoms with Gasteiger partial charge >= 0.3 is 0 Å². The van der Waals surface area contributed by atoms with Gasteiger partial charge in [0.25, 0.3) is 0 Å². The summed E-state index contributed by atoms with van der Waals surface area (Å²) in [5, 5.41) is 19.3. The van der Waals surface area contributed by atoms with Crippen molar-refractivity contribution in [2.75, 3.05) is 18.8 Å². The summed E-state index contributed by atoms with van der Waals surface area (Å²) in [5.41, 5.74) is 35.5. The summed E-state index contributed by atoms with van der Waals surface area (Å²) in [5.74, 6) is -8.01. The molecule has 74 heavy (non-hydrogen) atoms. The molecular weight excluding hydrogens is 997 g/mol. The number of fused-ring (bicyclic) bond motifs is 1. The fourth-order valence-electron chi connectivity index (χ4n) is 7.86. The molecule has 1 aromatic heterocycles. The van der Waals surface area contributed by atoms with Crippen molar-refractivity contribution in [3.63, 3.8) is 0 Å². The summed E-state index contributed by atoms with van der Waals surface area (Å²) in [6.45, 7) is 4.66. The average molecular weight is 1070 g/mol. The quantitative estimate of drug-likeness (QED) is 0.0269. The van der Waals surface area contributed by atoms with E-state index in [1.54, 1.807) is 50.4 Å². The molecule has 7 atom stereocenters. The van der Waals surface area contributed by atoms with Gasteiger partial charge < -0.3 is 76.6 Å². The number of nitrogens with two attached hydrogens (primary N) is 6. The van der Waals surface area contributed by atoms with E-state index in [0.29, 0.717) is 11.1 Å². The summed E-state index contributed by atoms with van der Waals surface area (Å²) in [6.07, 6.45) is 0.913. The second kappa shape index (κ2) is 28.6. The molecule has 0 bridgehead atoms. The highest BCUT2D eigenvalue weighted by Gasteiger charge is 2.40. The third-order valence-corrected chi connectivity index (χ3v) is 14.9. The summed E-state index contributed by atoms with van der Waals surface area (Å²) in [6, 6.07) is 5.92. The number of benzene rings is 2. The second-order valence-electron chi connectivity index (χ2n) is 18.0. The van der Waals surface area contributed by atoms with Gasteiger partial charge in [-0.3, -0.25) is 53.1 Å². The van der Waals surface area contributed by atoms with Gasteiger partial charge in [-0.2, -0.15) is 0 Å². The van der Waals surface area contributed by atoms with Gasteiger partial charge in [-0.15, -0.1) is 0 Å². The summed E-state index contributed by atoms with van der Waals surface area (Å²) in [4.78, 5) is 135. The van der Waals surface area contributed by atoms with Crippen molar-refractivity contribution >= 4 is 97.6 Å². The number of hydrogen-bond acceptors (Lipinski definition) is 13. The third-order valence-electron chi connectivity index (χ3n) is 11.6. The van der Waals surface area contributed by atoms with Crippen LogP contribution in [0.5, 0.6) is 0 Å². The Bertz CT molecular complexity index is 2530. The van der Waals surface area contributed by atoms with Crippen LogP contribution in [0.25, 0.3) is 10.9 Å². The van der Waals surface area contributed by atoms with E-state index in [0.717, 1.165) is 32.5 Å². The highest BCUT2D eigenvalue weighted by atomic mass is 33.1. The minimum Gasteiger partial charge on any atom is -0.370 e. The van der Waals surface area contributed by atoms with E-state index >= 15 is 0 Å². The largest absolute Gasteiger partial charge is 0.370 e. The molecule has 1 aliphatic heterocycles. The molecular formula is C47H68N16O9S2. The molecule has 0 saturated carbocycles. The lowest BCUT2D eigenvalue weighted by molar-refractivity contribution is -0.136. The first-order valence-electron chi connectivity index (χ1n) is 23.7. The van der Waals surface area contributed by atoms with Crippen LogP contribution < -0.4 is 71.6 Å². The maximum atomic E-state index is 14.6. The number of rotatable bonds is 18. The Balaban J connectivity index is 1.82. The van der Waals surface area contributed by atoms with Gasteiger partial charge in [-0.1, -0.05) is 70.1 Å². The second-order valence-corrected chi connectivity index (χ2v) is 21.1. The van der Waals surface area contributed by atoms with E-state index < -0.39 is 107 Å². The predicted molar refractivity (Wildman–Crippen MR) is 283 cm³/mol. The van der Waals surface area contributed by atoms with Gasteiger partial charge in [-0.05, 0) is 63.1 Å². The molecule has 3 aromatic rings. The number of guanidine groups is 2. The first kappa shape index (κ1) is 59.0. The standard InChI is InChI=1S/C47H68N16O9S2/c1-25(64)57-30(15-9-18-54-45(50)51)39(67)59-32-17-20-73-74-47(2,3)37(38(49)66)63-44(72)34(22-27-24-56-29-14-8-7-13-28(27)29)61-40(68)31(16-10-19-55-46(52)53)58-42(70)33(21-26-11-5-4-6-12-26)60-43(71)35(23-36(48)65)62-41(32)69/h4-8,11-14,24,30-35,37,56H,9-10,15-23H2,1-3H3,(H2,48,65)(H2,49,66)(H,57,64)(H,58,70)(H,59,67)(H,60,71)(H,61,68)(H,62,69)(H,63,72)(H4,50,51,54)(H4,52,53,55)/t30-,31+,32+,33-,34+,35+,37-/m1/s1. The fraction of sp³-hybridized carbons (Fsp3) is 0.468. The number of primary amides is 2. The Hall–Kier alpha value is -7.55. The molecule has 20 N–H and O–H groups in total. The molecule has 1 fully saturated rings. The van der Waals surface area contributed by atoms with Crippen molar-refractivity contribution < 1.29 is 43.2 Å². The predicted octanol–water partition coefficient (Wildman–Crippen LogP) is -2.60. The van der Waals surface area contributed by atoms with Crippen molar-refractivity contribution in [1.29, 1.82) is 0 Å². The third kappa shape index (κ3) is 19.1. The Morgan fingerprint density at radius 1 is 0.716 bits per heavy atom. The zero-order chi connectivity index (χ0) is 54.5. The topological polar surface area (TPSA) is 434 Å². The highest BCUT2D eigenvalue weighted by molar-refractivity contribution is 8.77. The Kier molecular flexibility index (Phi) is 22.8. The smallest absolute Gasteiger partial charge is 0.243 e. The van der Waals surface area contributed by atoms with E-state index in [2.05, 4.69) is 52.2 Å². The van der Waals surface area contributed by atoms with Crippen molar-refractivity contribution in [2.24, 2.45) is 44.4 Å². The maximum Gasteiger partial charge on any atom is 0.243 e. The number of carbonyl (C=O) groups is 9. The van der Waals surface area contributed by atoms with Crippen LogP contribution >= 0.6 is 21.6 Å². The van der Waals surface area contributed by atoms with E-state index in [-0.39, 0.29) is 75.7 Å². The number of H-pyrrole nitrogens is 1. The molecule has 1 saturated heterocycles. The number of nitrogens with zero attached hydrogens (tertiary/aromatic N) is 2. The normalized spacial score (nSPS) is 21.6. The molecule has 402 valence electrons. The number of hydrogen-bond donors (Lipinski definition) is 14. The van der Waals surface area contributed by atoms with Crippen LogP contribution in [0.15, 0.2) is 70.8 Å². The molecule has 0 spiro atoms. The zero-order valence-electron chi connectivity index (χ0n) is 41.4. The molecule has 0 radical (unpaired) electrons. The number of aromatic nitrogens is 1. The van der Waals surface area contributed by atoms with Crippen LogP contribution in [0.4, 0.5) is 0 Å². The van der Waals surface area contributed by atoms with Crippen molar-refractivity contribution in [3.8, 4) is 0 Å². The molecule has 0 unspecified atom stereocenters. The first-order valence-corrected chi connectivity index (χ1v) is 26.0. The molecule has 0 aliphatic carbocycles. The van der Waals surface area contributed by atoms with Gasteiger partial charge in [0.2, 0.25) is 53.2 Å². The van der Waals surface area contributed by atoms with Crippen molar-refractivity contribution in [1.82, 2.24) is 42.2 Å². The number of para-hydroxylation sites is 1. The van der Waals surface area contributed by atoms with Crippen molar-refractivity contribution in [3.05, 3.63) is 71.9 Å². The lowest BCUT2D eigenvalue weighted by Crippen LogP contribution is -2.61. The number of nitrogens with one attached hydrogen (secondary N) is 8. The molecule has 2 heterocycles. The molecule has 2 aromatic carbocycles. The summed E-state index contributed by atoms with van der Waals surface area (Å²) < 4.78 is -1.17.